The van der Waals surface area contributed by atoms with E-state index >= 15 is 0 Å². The Labute approximate surface area is 159 Å². The van der Waals surface area contributed by atoms with E-state index in [1.54, 1.807) is 0 Å². The van der Waals surface area contributed by atoms with Gasteiger partial charge in [0.15, 0.2) is 0 Å². The lowest BCUT2D eigenvalue weighted by molar-refractivity contribution is 0.0896. The third-order valence-electron chi connectivity index (χ3n) is 5.07. The number of nitrogens with one attached hydrogen (secondary N) is 1. The number of anilines is 1. The van der Waals surface area contributed by atoms with E-state index in [0.29, 0.717) is 0 Å². The monoisotopic (exact) mass is 369 g/mol. The number of fused-ring (bicyclic) bond motifs is 1. The summed E-state index contributed by atoms with van der Waals surface area (Å²) in [6, 6.07) is 4.52. The smallest absolute Gasteiger partial charge is 0.0841 e. The molecule has 1 atom stereocenters. The molecule has 0 spiro atoms. The summed E-state index contributed by atoms with van der Waals surface area (Å²) >= 11 is 1.86. The highest BCUT2D eigenvalue weighted by molar-refractivity contribution is 7.19. The van der Waals surface area contributed by atoms with Gasteiger partial charge in [0.2, 0.25) is 0 Å². The lowest BCUT2D eigenvalue weighted by Gasteiger charge is -2.21. The Hall–Kier alpha value is -1.69. The number of nitrogens with zero attached hydrogens (tertiary/aromatic N) is 2. The number of thiophene rings is 1. The summed E-state index contributed by atoms with van der Waals surface area (Å²) in [7, 11) is 1.95. The SMILES string of the molecule is CNCCOC1C=CC(c2cc(N3CCCC3)c3sc(C)cc3n2)=CC1. The maximum atomic E-state index is 5.87. The quantitative estimate of drug-likeness (QED) is 0.776. The molecular weight excluding hydrogens is 342 g/mol. The lowest BCUT2D eigenvalue weighted by atomic mass is 10.0. The van der Waals surface area contributed by atoms with E-state index in [1.165, 1.54) is 33.7 Å². The zero-order chi connectivity index (χ0) is 17.9. The van der Waals surface area contributed by atoms with Crippen LogP contribution < -0.4 is 10.2 Å². The Morgan fingerprint density at radius 2 is 2.15 bits per heavy atom. The van der Waals surface area contributed by atoms with Crippen LogP contribution >= 0.6 is 11.3 Å². The zero-order valence-corrected chi connectivity index (χ0v) is 16.4. The molecule has 1 fully saturated rings. The number of allylic oxidation sites excluding steroid dienone is 2. The van der Waals surface area contributed by atoms with Crippen LogP contribution in [-0.2, 0) is 4.74 Å². The molecule has 2 aliphatic rings. The van der Waals surface area contributed by atoms with Crippen molar-refractivity contribution in [2.75, 3.05) is 38.2 Å². The normalized spacial score (nSPS) is 20.2. The fraction of sp³-hybridized carbons (Fsp3) is 0.476. The third kappa shape index (κ3) is 3.70. The van der Waals surface area contributed by atoms with Gasteiger partial charge < -0.3 is 15.0 Å². The Kier molecular flexibility index (Phi) is 5.38. The number of likely N-dealkylation sites (N-methyl/N-ethyl adjacent to an activating group) is 1. The zero-order valence-electron chi connectivity index (χ0n) is 15.6. The highest BCUT2D eigenvalue weighted by atomic mass is 32.1. The van der Waals surface area contributed by atoms with Crippen molar-refractivity contribution in [3.05, 3.63) is 40.9 Å². The molecule has 1 aliphatic heterocycles. The standard InChI is InChI=1S/C21H27N3OS/c1-15-13-19-21(26-15)20(24-10-3-4-11-24)14-18(23-19)16-5-7-17(8-6-16)25-12-9-22-2/h5-7,13-14,17,22H,3-4,8-12H2,1-2H3. The van der Waals surface area contributed by atoms with Crippen molar-refractivity contribution < 1.29 is 4.74 Å². The van der Waals surface area contributed by atoms with Gasteiger partial charge in [-0.2, -0.15) is 0 Å². The van der Waals surface area contributed by atoms with E-state index < -0.39 is 0 Å². The number of ether oxygens (including phenoxy) is 1. The fourth-order valence-electron chi connectivity index (χ4n) is 3.69. The van der Waals surface area contributed by atoms with E-state index in [9.17, 15) is 0 Å². The van der Waals surface area contributed by atoms with Gasteiger partial charge in [-0.25, -0.2) is 4.98 Å². The van der Waals surface area contributed by atoms with Crippen LogP contribution in [0, 0.1) is 6.92 Å². The minimum atomic E-state index is 0.178. The summed E-state index contributed by atoms with van der Waals surface area (Å²) in [5, 5.41) is 3.12. The summed E-state index contributed by atoms with van der Waals surface area (Å²) in [5.41, 5.74) is 4.79. The van der Waals surface area contributed by atoms with Crippen molar-refractivity contribution in [2.24, 2.45) is 0 Å². The number of rotatable bonds is 6. The van der Waals surface area contributed by atoms with Crippen molar-refractivity contribution in [3.63, 3.8) is 0 Å². The third-order valence-corrected chi connectivity index (χ3v) is 6.13. The average Bonchev–Trinajstić information content (AvgIpc) is 3.30. The van der Waals surface area contributed by atoms with Gasteiger partial charge in [0.25, 0.3) is 0 Å². The highest BCUT2D eigenvalue weighted by Gasteiger charge is 2.19. The topological polar surface area (TPSA) is 37.4 Å². The van der Waals surface area contributed by atoms with Crippen LogP contribution in [0.3, 0.4) is 0 Å². The molecule has 4 nitrogen and oxygen atoms in total. The molecule has 0 radical (unpaired) electrons. The summed E-state index contributed by atoms with van der Waals surface area (Å²) in [6.45, 7) is 6.12. The molecule has 5 heteroatoms. The molecule has 4 rings (SSSR count). The van der Waals surface area contributed by atoms with E-state index in [2.05, 4.69) is 47.5 Å². The van der Waals surface area contributed by atoms with Crippen LogP contribution in [0.5, 0.6) is 0 Å². The molecule has 0 bridgehead atoms. The van der Waals surface area contributed by atoms with Crippen LogP contribution in [0.25, 0.3) is 15.8 Å². The number of aromatic nitrogens is 1. The number of pyridine rings is 1. The van der Waals surface area contributed by atoms with Gasteiger partial charge >= 0.3 is 0 Å². The van der Waals surface area contributed by atoms with Crippen molar-refractivity contribution in [1.29, 1.82) is 0 Å². The van der Waals surface area contributed by atoms with E-state index in [-0.39, 0.29) is 6.10 Å². The second-order valence-corrected chi connectivity index (χ2v) is 8.32. The second-order valence-electron chi connectivity index (χ2n) is 7.06. The van der Waals surface area contributed by atoms with Crippen molar-refractivity contribution in [2.45, 2.75) is 32.3 Å². The number of aryl methyl sites for hydroxylation is 1. The molecular formula is C21H27N3OS. The van der Waals surface area contributed by atoms with Crippen LogP contribution in [0.4, 0.5) is 5.69 Å². The van der Waals surface area contributed by atoms with Crippen molar-refractivity contribution in [3.8, 4) is 0 Å². The number of hydrogen-bond donors (Lipinski definition) is 1. The molecule has 138 valence electrons. The highest BCUT2D eigenvalue weighted by Crippen LogP contribution is 2.37. The van der Waals surface area contributed by atoms with Gasteiger partial charge in [-0.1, -0.05) is 18.2 Å². The molecule has 0 saturated carbocycles. The summed E-state index contributed by atoms with van der Waals surface area (Å²) < 4.78 is 7.20. The maximum Gasteiger partial charge on any atom is 0.0841 e. The van der Waals surface area contributed by atoms with Gasteiger partial charge in [0.1, 0.15) is 0 Å². The van der Waals surface area contributed by atoms with E-state index in [1.807, 2.05) is 18.4 Å². The minimum absolute atomic E-state index is 0.178. The fourth-order valence-corrected chi connectivity index (χ4v) is 4.69. The van der Waals surface area contributed by atoms with Crippen LogP contribution in [-0.4, -0.2) is 44.4 Å². The molecule has 26 heavy (non-hydrogen) atoms. The summed E-state index contributed by atoms with van der Waals surface area (Å²) in [4.78, 5) is 8.82. The molecule has 1 N–H and O–H groups in total. The first-order chi connectivity index (χ1) is 12.7. The summed E-state index contributed by atoms with van der Waals surface area (Å²) in [5.74, 6) is 0. The first-order valence-electron chi connectivity index (χ1n) is 9.55. The van der Waals surface area contributed by atoms with Crippen molar-refractivity contribution in [1.82, 2.24) is 10.3 Å². The Morgan fingerprint density at radius 1 is 1.31 bits per heavy atom. The van der Waals surface area contributed by atoms with Crippen LogP contribution in [0.15, 0.2) is 30.4 Å². The maximum absolute atomic E-state index is 5.87. The van der Waals surface area contributed by atoms with Gasteiger partial charge in [0.05, 0.1) is 34.3 Å². The largest absolute Gasteiger partial charge is 0.373 e. The second kappa shape index (κ2) is 7.91. The molecule has 0 amide bonds. The summed E-state index contributed by atoms with van der Waals surface area (Å²) in [6.07, 6.45) is 10.3. The van der Waals surface area contributed by atoms with Gasteiger partial charge in [0, 0.05) is 24.5 Å². The predicted molar refractivity (Wildman–Crippen MR) is 111 cm³/mol. The van der Waals surface area contributed by atoms with Crippen LogP contribution in [0.2, 0.25) is 0 Å². The Bertz CT molecular complexity index is 833. The van der Waals surface area contributed by atoms with Gasteiger partial charge in [-0.3, -0.25) is 0 Å². The molecule has 1 saturated heterocycles. The average molecular weight is 370 g/mol. The van der Waals surface area contributed by atoms with E-state index in [0.717, 1.165) is 43.9 Å². The van der Waals surface area contributed by atoms with Crippen molar-refractivity contribution >= 4 is 32.8 Å². The van der Waals surface area contributed by atoms with Gasteiger partial charge in [-0.15, -0.1) is 11.3 Å². The molecule has 3 heterocycles. The minimum Gasteiger partial charge on any atom is -0.373 e. The molecule has 1 unspecified atom stereocenters. The van der Waals surface area contributed by atoms with Gasteiger partial charge in [-0.05, 0) is 50.9 Å². The number of hydrogen-bond acceptors (Lipinski definition) is 5. The molecule has 2 aromatic heterocycles. The predicted octanol–water partition coefficient (Wildman–Crippen LogP) is 4.15. The molecule has 2 aromatic rings. The lowest BCUT2D eigenvalue weighted by Crippen LogP contribution is -2.20. The van der Waals surface area contributed by atoms with E-state index in [4.69, 9.17) is 9.72 Å². The Balaban J connectivity index is 1.60. The Morgan fingerprint density at radius 3 is 2.88 bits per heavy atom. The first-order valence-corrected chi connectivity index (χ1v) is 10.4. The van der Waals surface area contributed by atoms with Crippen LogP contribution in [0.1, 0.15) is 29.8 Å². The molecule has 0 aromatic carbocycles. The first kappa shape index (κ1) is 17.7. The molecule has 1 aliphatic carbocycles.